The van der Waals surface area contributed by atoms with Gasteiger partial charge in [0.15, 0.2) is 0 Å². The first-order valence-corrected chi connectivity index (χ1v) is 14.9. The van der Waals surface area contributed by atoms with Crippen LogP contribution < -0.4 is 0 Å². The van der Waals surface area contributed by atoms with E-state index in [-0.39, 0.29) is 50.1 Å². The van der Waals surface area contributed by atoms with Gasteiger partial charge in [0.2, 0.25) is 0 Å². The molecule has 5 nitrogen and oxygen atoms in total. The lowest BCUT2D eigenvalue weighted by Gasteiger charge is -2.44. The predicted molar refractivity (Wildman–Crippen MR) is 160 cm³/mol. The smallest absolute Gasteiger partial charge is 0.309 e. The lowest BCUT2D eigenvalue weighted by atomic mass is 9.72. The highest BCUT2D eigenvalue weighted by Crippen LogP contribution is 2.46. The van der Waals surface area contributed by atoms with Gasteiger partial charge in [0.1, 0.15) is 10.2 Å². The van der Waals surface area contributed by atoms with E-state index in [1.165, 1.54) is 0 Å². The maximum atomic E-state index is 12.8. The normalized spacial score (nSPS) is 17.9. The van der Waals surface area contributed by atoms with Crippen molar-refractivity contribution in [1.82, 2.24) is 0 Å². The lowest BCUT2D eigenvalue weighted by molar-refractivity contribution is -0.158. The van der Waals surface area contributed by atoms with Gasteiger partial charge in [-0.1, -0.05) is 69.2 Å². The fourth-order valence-electron chi connectivity index (χ4n) is 3.74. The fraction of sp³-hybridized carbons (Fsp3) is 0.967. The summed E-state index contributed by atoms with van der Waals surface area (Å²) in [4.78, 5) is 12.8. The number of hydrogen-bond acceptors (Lipinski definition) is 5. The van der Waals surface area contributed by atoms with Crippen LogP contribution >= 0.6 is 22.6 Å². The summed E-state index contributed by atoms with van der Waals surface area (Å²) < 4.78 is 23.8. The molecular formula is C30H59IO5. The van der Waals surface area contributed by atoms with Crippen molar-refractivity contribution in [2.45, 2.75) is 132 Å². The first-order chi connectivity index (χ1) is 16.1. The Morgan fingerprint density at radius 1 is 0.833 bits per heavy atom. The third-order valence-electron chi connectivity index (χ3n) is 7.63. The standard InChI is InChI=1S/C30H59IO5/c1-15-23(3)34-21-22(2)29(12,13)30(14,31)36-17-16-28(10,11)35-19-18-33-25(32)24(27(7,8)9)20-26(4,5)6/h22-24H,15-21H2,1-14H3. The van der Waals surface area contributed by atoms with E-state index in [1.54, 1.807) is 0 Å². The second-order valence-electron chi connectivity index (χ2n) is 14.1. The average Bonchev–Trinajstić information content (AvgIpc) is 2.70. The summed E-state index contributed by atoms with van der Waals surface area (Å²) >= 11 is 2.44. The first-order valence-electron chi connectivity index (χ1n) is 13.8. The molecule has 36 heavy (non-hydrogen) atoms. The molecule has 0 saturated heterocycles. The largest absolute Gasteiger partial charge is 0.463 e. The van der Waals surface area contributed by atoms with Crippen LogP contribution in [0.1, 0.15) is 116 Å². The minimum absolute atomic E-state index is 0.0654. The highest BCUT2D eigenvalue weighted by Gasteiger charge is 2.44. The van der Waals surface area contributed by atoms with Crippen LogP contribution in [-0.4, -0.2) is 47.7 Å². The molecule has 0 rings (SSSR count). The number of carbonyl (C=O) groups excluding carboxylic acids is 1. The molecule has 0 radical (unpaired) electrons. The second kappa shape index (κ2) is 14.5. The van der Waals surface area contributed by atoms with E-state index in [2.05, 4.69) is 120 Å². The first kappa shape index (κ1) is 36.1. The maximum absolute atomic E-state index is 12.8. The molecule has 0 N–H and O–H groups in total. The molecule has 0 bridgehead atoms. The third kappa shape index (κ3) is 13.2. The second-order valence-corrected chi connectivity index (χ2v) is 16.2. The number of esters is 1. The van der Waals surface area contributed by atoms with Crippen LogP contribution in [0.2, 0.25) is 0 Å². The van der Waals surface area contributed by atoms with Gasteiger partial charge in [-0.25, -0.2) is 0 Å². The van der Waals surface area contributed by atoms with Gasteiger partial charge in [-0.05, 0) is 86.3 Å². The van der Waals surface area contributed by atoms with E-state index in [0.717, 1.165) is 25.9 Å². The summed E-state index contributed by atoms with van der Waals surface area (Å²) in [6.07, 6.45) is 2.85. The van der Waals surface area contributed by atoms with Gasteiger partial charge in [0.05, 0.1) is 37.4 Å². The Labute approximate surface area is 237 Å². The molecular weight excluding hydrogens is 567 g/mol. The highest BCUT2D eigenvalue weighted by molar-refractivity contribution is 14.1. The third-order valence-corrected chi connectivity index (χ3v) is 9.33. The Balaban J connectivity index is 4.68. The zero-order valence-corrected chi connectivity index (χ0v) is 28.3. The van der Waals surface area contributed by atoms with E-state index in [1.807, 2.05) is 0 Å². The van der Waals surface area contributed by atoms with Gasteiger partial charge in [0.25, 0.3) is 0 Å². The van der Waals surface area contributed by atoms with E-state index >= 15 is 0 Å². The molecule has 0 heterocycles. The van der Waals surface area contributed by atoms with E-state index in [9.17, 15) is 4.79 Å². The van der Waals surface area contributed by atoms with Gasteiger partial charge in [0, 0.05) is 5.41 Å². The van der Waals surface area contributed by atoms with Crippen molar-refractivity contribution in [3.05, 3.63) is 0 Å². The van der Waals surface area contributed by atoms with Gasteiger partial charge >= 0.3 is 5.97 Å². The van der Waals surface area contributed by atoms with Gasteiger partial charge in [-0.3, -0.25) is 4.79 Å². The molecule has 0 aliphatic rings. The van der Waals surface area contributed by atoms with Crippen molar-refractivity contribution >= 4 is 28.6 Å². The summed E-state index contributed by atoms with van der Waals surface area (Å²) in [6, 6.07) is 0. The number of halogens is 1. The number of ether oxygens (including phenoxy) is 4. The quantitative estimate of drug-likeness (QED) is 0.0745. The Kier molecular flexibility index (Phi) is 14.5. The van der Waals surface area contributed by atoms with Crippen molar-refractivity contribution in [2.24, 2.45) is 28.1 Å². The minimum atomic E-state index is -0.372. The minimum Gasteiger partial charge on any atom is -0.463 e. The number of rotatable bonds is 16. The molecule has 216 valence electrons. The summed E-state index contributed by atoms with van der Waals surface area (Å²) in [7, 11) is 0. The molecule has 0 aromatic carbocycles. The molecule has 0 amide bonds. The fourth-order valence-corrected chi connectivity index (χ4v) is 4.49. The summed E-state index contributed by atoms with van der Waals surface area (Å²) in [5.74, 6) is 0.0839. The topological polar surface area (TPSA) is 54.0 Å². The van der Waals surface area contributed by atoms with Crippen molar-refractivity contribution in [3.63, 3.8) is 0 Å². The molecule has 0 fully saturated rings. The molecule has 0 aliphatic heterocycles. The zero-order valence-electron chi connectivity index (χ0n) is 26.1. The van der Waals surface area contributed by atoms with Crippen LogP contribution in [0.3, 0.4) is 0 Å². The molecule has 4 unspecified atom stereocenters. The molecule has 0 spiro atoms. The van der Waals surface area contributed by atoms with Crippen molar-refractivity contribution in [3.8, 4) is 0 Å². The SMILES string of the molecule is CCC(C)OCC(C)C(C)(C)C(C)(I)OCCC(C)(C)OCCOC(=O)C(CC(C)(C)C)C(C)(C)C. The predicted octanol–water partition coefficient (Wildman–Crippen LogP) is 8.46. The Morgan fingerprint density at radius 2 is 1.39 bits per heavy atom. The van der Waals surface area contributed by atoms with E-state index < -0.39 is 0 Å². The Hall–Kier alpha value is 0.0800. The van der Waals surface area contributed by atoms with Gasteiger partial charge in [-0.15, -0.1) is 0 Å². The molecule has 6 heteroatoms. The van der Waals surface area contributed by atoms with Crippen LogP contribution in [-0.2, 0) is 23.7 Å². The average molecular weight is 627 g/mol. The van der Waals surface area contributed by atoms with Crippen LogP contribution in [0.5, 0.6) is 0 Å². The summed E-state index contributed by atoms with van der Waals surface area (Å²) in [6.45, 7) is 32.1. The van der Waals surface area contributed by atoms with E-state index in [4.69, 9.17) is 18.9 Å². The van der Waals surface area contributed by atoms with Crippen molar-refractivity contribution < 1.29 is 23.7 Å². The number of alkyl halides is 1. The maximum Gasteiger partial charge on any atom is 0.309 e. The van der Waals surface area contributed by atoms with Gasteiger partial charge < -0.3 is 18.9 Å². The zero-order chi connectivity index (χ0) is 28.6. The van der Waals surface area contributed by atoms with Crippen LogP contribution in [0.15, 0.2) is 0 Å². The summed E-state index contributed by atoms with van der Waals surface area (Å²) in [5, 5.41) is 0. The van der Waals surface area contributed by atoms with Crippen LogP contribution in [0, 0.1) is 28.1 Å². The Bertz CT molecular complexity index is 643. The lowest BCUT2D eigenvalue weighted by Crippen LogP contribution is -2.45. The van der Waals surface area contributed by atoms with Crippen molar-refractivity contribution in [2.75, 3.05) is 26.4 Å². The summed E-state index contributed by atoms with van der Waals surface area (Å²) in [5.41, 5.74) is -0.518. The molecule has 0 aromatic rings. The monoisotopic (exact) mass is 626 g/mol. The molecule has 0 aromatic heterocycles. The van der Waals surface area contributed by atoms with Crippen LogP contribution in [0.25, 0.3) is 0 Å². The number of carbonyl (C=O) groups is 1. The van der Waals surface area contributed by atoms with Gasteiger partial charge in [-0.2, -0.15) is 0 Å². The molecule has 0 aliphatic carbocycles. The highest BCUT2D eigenvalue weighted by atomic mass is 127. The van der Waals surface area contributed by atoms with E-state index in [0.29, 0.717) is 19.1 Å². The Morgan fingerprint density at radius 3 is 1.86 bits per heavy atom. The van der Waals surface area contributed by atoms with Crippen molar-refractivity contribution in [1.29, 1.82) is 0 Å². The molecule has 4 atom stereocenters. The molecule has 0 saturated carbocycles. The number of hydrogen-bond donors (Lipinski definition) is 0. The van der Waals surface area contributed by atoms with Crippen LogP contribution in [0.4, 0.5) is 0 Å².